The Morgan fingerprint density at radius 1 is 1.25 bits per heavy atom. The van der Waals surface area contributed by atoms with Gasteiger partial charge in [0.15, 0.2) is 6.61 Å². The normalized spacial score (nSPS) is 21.1. The highest BCUT2D eigenvalue weighted by Gasteiger charge is 2.29. The first-order valence-corrected chi connectivity index (χ1v) is 8.76. The number of fused-ring (bicyclic) bond motifs is 1. The van der Waals surface area contributed by atoms with Crippen LogP contribution in [0.25, 0.3) is 10.9 Å². The first-order chi connectivity index (χ1) is 11.5. The van der Waals surface area contributed by atoms with Gasteiger partial charge < -0.3 is 9.64 Å². The molecule has 3 rings (SSSR count). The van der Waals surface area contributed by atoms with Gasteiger partial charge in [0.25, 0.3) is 5.91 Å². The van der Waals surface area contributed by atoms with Crippen molar-refractivity contribution in [3.05, 3.63) is 28.5 Å². The molecule has 1 amide bonds. The lowest BCUT2D eigenvalue weighted by Gasteiger charge is -2.38. The number of ether oxygens (including phenoxy) is 1. The average molecular weight is 368 g/mol. The van der Waals surface area contributed by atoms with Crippen molar-refractivity contribution < 1.29 is 9.53 Å². The van der Waals surface area contributed by atoms with Crippen molar-refractivity contribution in [3.8, 4) is 5.88 Å². The van der Waals surface area contributed by atoms with Crippen molar-refractivity contribution in [3.63, 3.8) is 0 Å². The maximum absolute atomic E-state index is 12.6. The molecule has 0 unspecified atom stereocenters. The van der Waals surface area contributed by atoms with E-state index >= 15 is 0 Å². The zero-order chi connectivity index (χ0) is 17.3. The Hall–Kier alpha value is -1.59. The van der Waals surface area contributed by atoms with Gasteiger partial charge in [0.1, 0.15) is 6.33 Å². The second kappa shape index (κ2) is 7.11. The fourth-order valence-electron chi connectivity index (χ4n) is 3.30. The third kappa shape index (κ3) is 3.42. The zero-order valence-corrected chi connectivity index (χ0v) is 15.1. The molecule has 0 spiro atoms. The fourth-order valence-corrected chi connectivity index (χ4v) is 3.84. The maximum Gasteiger partial charge on any atom is 0.261 e. The van der Waals surface area contributed by atoms with Gasteiger partial charge in [-0.15, -0.1) is 0 Å². The summed E-state index contributed by atoms with van der Waals surface area (Å²) < 4.78 is 5.68. The molecule has 0 radical (unpaired) electrons. The van der Waals surface area contributed by atoms with Crippen molar-refractivity contribution in [2.24, 2.45) is 0 Å². The Balaban J connectivity index is 1.79. The monoisotopic (exact) mass is 367 g/mol. The summed E-state index contributed by atoms with van der Waals surface area (Å²) in [6, 6.07) is 3.77. The predicted molar refractivity (Wildman–Crippen MR) is 94.7 cm³/mol. The summed E-state index contributed by atoms with van der Waals surface area (Å²) in [7, 11) is 0. The molecular formula is C17H19Cl2N3O2. The van der Waals surface area contributed by atoms with E-state index in [1.165, 1.54) is 6.33 Å². The Morgan fingerprint density at radius 3 is 2.67 bits per heavy atom. The average Bonchev–Trinajstić information content (AvgIpc) is 2.52. The minimum Gasteiger partial charge on any atom is -0.467 e. The quantitative estimate of drug-likeness (QED) is 0.818. The van der Waals surface area contributed by atoms with Crippen molar-refractivity contribution in [1.82, 2.24) is 14.9 Å². The van der Waals surface area contributed by atoms with Crippen LogP contribution in [-0.2, 0) is 4.79 Å². The Morgan fingerprint density at radius 2 is 1.96 bits per heavy atom. The lowest BCUT2D eigenvalue weighted by molar-refractivity contribution is -0.139. The summed E-state index contributed by atoms with van der Waals surface area (Å²) in [6.45, 7) is 4.09. The molecule has 1 aliphatic heterocycles. The van der Waals surface area contributed by atoms with Gasteiger partial charge in [-0.25, -0.2) is 9.97 Å². The number of amides is 1. The molecule has 2 heterocycles. The number of likely N-dealkylation sites (tertiary alicyclic amines) is 1. The summed E-state index contributed by atoms with van der Waals surface area (Å²) in [4.78, 5) is 22.7. The Bertz CT molecular complexity index is 759. The molecule has 2 atom stereocenters. The smallest absolute Gasteiger partial charge is 0.261 e. The number of piperidine rings is 1. The molecule has 1 fully saturated rings. The maximum atomic E-state index is 12.6. The van der Waals surface area contributed by atoms with Crippen LogP contribution in [0.4, 0.5) is 0 Å². The highest BCUT2D eigenvalue weighted by Crippen LogP contribution is 2.31. The molecule has 0 aliphatic carbocycles. The van der Waals surface area contributed by atoms with Gasteiger partial charge in [-0.3, -0.25) is 4.79 Å². The molecule has 5 nitrogen and oxygen atoms in total. The van der Waals surface area contributed by atoms with Gasteiger partial charge in [-0.05, 0) is 45.2 Å². The van der Waals surface area contributed by atoms with Crippen LogP contribution in [0.1, 0.15) is 33.1 Å². The first kappa shape index (κ1) is 17.2. The molecule has 0 saturated carbocycles. The molecule has 0 bridgehead atoms. The van der Waals surface area contributed by atoms with E-state index in [4.69, 9.17) is 27.9 Å². The summed E-state index contributed by atoms with van der Waals surface area (Å²) in [5, 5.41) is 1.49. The van der Waals surface area contributed by atoms with Gasteiger partial charge in [0.05, 0.1) is 15.9 Å². The number of halogens is 2. The summed E-state index contributed by atoms with van der Waals surface area (Å²) >= 11 is 12.2. The van der Waals surface area contributed by atoms with Gasteiger partial charge in [0.2, 0.25) is 5.88 Å². The summed E-state index contributed by atoms with van der Waals surface area (Å²) in [5.41, 5.74) is 0.554. The molecular weight excluding hydrogens is 349 g/mol. The summed E-state index contributed by atoms with van der Waals surface area (Å²) in [6.07, 6.45) is 4.57. The molecule has 1 aliphatic rings. The number of hydrogen-bond acceptors (Lipinski definition) is 4. The number of hydrogen-bond donors (Lipinski definition) is 0. The van der Waals surface area contributed by atoms with Crippen LogP contribution in [0.5, 0.6) is 5.88 Å². The van der Waals surface area contributed by atoms with E-state index in [0.29, 0.717) is 26.8 Å². The van der Waals surface area contributed by atoms with Gasteiger partial charge >= 0.3 is 0 Å². The minimum atomic E-state index is -0.0646. The highest BCUT2D eigenvalue weighted by atomic mass is 35.5. The molecule has 7 heteroatoms. The van der Waals surface area contributed by atoms with Crippen LogP contribution >= 0.6 is 23.2 Å². The van der Waals surface area contributed by atoms with Crippen LogP contribution in [-0.4, -0.2) is 39.5 Å². The largest absolute Gasteiger partial charge is 0.467 e. The van der Waals surface area contributed by atoms with Crippen LogP contribution in [0.3, 0.4) is 0 Å². The van der Waals surface area contributed by atoms with E-state index in [1.54, 1.807) is 12.1 Å². The lowest BCUT2D eigenvalue weighted by Crippen LogP contribution is -2.49. The van der Waals surface area contributed by atoms with Crippen LogP contribution in [0.2, 0.25) is 10.0 Å². The van der Waals surface area contributed by atoms with Gasteiger partial charge in [0, 0.05) is 17.1 Å². The van der Waals surface area contributed by atoms with Crippen LogP contribution in [0.15, 0.2) is 18.5 Å². The number of benzene rings is 1. The van der Waals surface area contributed by atoms with E-state index < -0.39 is 0 Å². The van der Waals surface area contributed by atoms with Gasteiger partial charge in [-0.1, -0.05) is 23.2 Å². The molecule has 1 aromatic carbocycles. The SMILES string of the molecule is C[C@H]1CCC[C@H](C)N1C(=O)COc1ncnc2c(Cl)cc(Cl)cc12. The third-order valence-electron chi connectivity index (χ3n) is 4.43. The predicted octanol–water partition coefficient (Wildman–Crippen LogP) is 4.10. The van der Waals surface area contributed by atoms with Crippen molar-refractivity contribution in [2.45, 2.75) is 45.2 Å². The topological polar surface area (TPSA) is 55.3 Å². The van der Waals surface area contributed by atoms with E-state index in [1.807, 2.05) is 4.90 Å². The van der Waals surface area contributed by atoms with Crippen molar-refractivity contribution in [1.29, 1.82) is 0 Å². The van der Waals surface area contributed by atoms with E-state index in [2.05, 4.69) is 23.8 Å². The molecule has 128 valence electrons. The third-order valence-corrected chi connectivity index (χ3v) is 4.94. The number of aromatic nitrogens is 2. The molecule has 1 saturated heterocycles. The zero-order valence-electron chi connectivity index (χ0n) is 13.6. The molecule has 0 N–H and O–H groups in total. The van der Waals surface area contributed by atoms with Gasteiger partial charge in [-0.2, -0.15) is 0 Å². The Labute approximate surface area is 150 Å². The number of nitrogens with zero attached hydrogens (tertiary/aromatic N) is 3. The van der Waals surface area contributed by atoms with Crippen LogP contribution in [0, 0.1) is 0 Å². The van der Waals surface area contributed by atoms with Crippen LogP contribution < -0.4 is 4.74 Å². The van der Waals surface area contributed by atoms with Crippen molar-refractivity contribution in [2.75, 3.05) is 6.61 Å². The molecule has 24 heavy (non-hydrogen) atoms. The highest BCUT2D eigenvalue weighted by molar-refractivity contribution is 6.38. The minimum absolute atomic E-state index is 0.0328. The first-order valence-electron chi connectivity index (χ1n) is 8.01. The molecule has 2 aromatic rings. The Kier molecular flexibility index (Phi) is 5.11. The standard InChI is InChI=1S/C17H19Cl2N3O2/c1-10-4-3-5-11(2)22(10)15(23)8-24-17-13-6-12(18)7-14(19)16(13)20-9-21-17/h6-7,9-11H,3-5,8H2,1-2H3/t10-,11-/m0/s1. The summed E-state index contributed by atoms with van der Waals surface area (Å²) in [5.74, 6) is 0.282. The number of rotatable bonds is 3. The van der Waals surface area contributed by atoms with E-state index in [9.17, 15) is 4.79 Å². The van der Waals surface area contributed by atoms with Crippen molar-refractivity contribution >= 4 is 40.0 Å². The molecule has 1 aromatic heterocycles. The van der Waals surface area contributed by atoms with E-state index in [-0.39, 0.29) is 24.6 Å². The number of carbonyl (C=O) groups excluding carboxylic acids is 1. The lowest BCUT2D eigenvalue weighted by atomic mass is 9.97. The van der Waals surface area contributed by atoms with E-state index in [0.717, 1.165) is 19.3 Å². The second-order valence-corrected chi connectivity index (χ2v) is 7.02. The number of carbonyl (C=O) groups is 1. The fraction of sp³-hybridized carbons (Fsp3) is 0.471. The second-order valence-electron chi connectivity index (χ2n) is 6.18.